The van der Waals surface area contributed by atoms with E-state index in [0.29, 0.717) is 11.3 Å². The number of benzene rings is 2. The molecular formula is C19H14BrNO4. The van der Waals surface area contributed by atoms with Gasteiger partial charge in [0.1, 0.15) is 12.2 Å². The van der Waals surface area contributed by atoms with Crippen molar-refractivity contribution in [3.05, 3.63) is 75.5 Å². The number of carbonyl (C=O) groups is 2. The van der Waals surface area contributed by atoms with Crippen LogP contribution in [-0.2, 0) is 9.53 Å². The zero-order chi connectivity index (χ0) is 18.0. The highest BCUT2D eigenvalue weighted by Crippen LogP contribution is 2.23. The van der Waals surface area contributed by atoms with Crippen molar-refractivity contribution in [2.24, 2.45) is 4.99 Å². The molecule has 1 aliphatic heterocycles. The molecule has 0 saturated carbocycles. The largest absolute Gasteiger partial charge is 0.503 e. The molecule has 2 aromatic rings. The third-order valence-electron chi connectivity index (χ3n) is 3.69. The number of carbonyl (C=O) groups excluding carboxylic acids is 2. The van der Waals surface area contributed by atoms with Gasteiger partial charge in [-0.1, -0.05) is 45.8 Å². The number of hydrogen-bond donors (Lipinski definition) is 1. The highest BCUT2D eigenvalue weighted by molar-refractivity contribution is 9.10. The van der Waals surface area contributed by atoms with Crippen LogP contribution in [0.2, 0.25) is 0 Å². The molecule has 0 radical (unpaired) electrons. The minimum atomic E-state index is -0.756. The van der Waals surface area contributed by atoms with Crippen LogP contribution in [0.4, 0.5) is 5.69 Å². The number of rotatable bonds is 3. The van der Waals surface area contributed by atoms with Gasteiger partial charge in [0.2, 0.25) is 5.78 Å². The van der Waals surface area contributed by atoms with Gasteiger partial charge in [-0.25, -0.2) is 9.79 Å². The molecule has 0 aliphatic carbocycles. The summed E-state index contributed by atoms with van der Waals surface area (Å²) in [5, 5.41) is 10.3. The Labute approximate surface area is 152 Å². The summed E-state index contributed by atoms with van der Waals surface area (Å²) in [4.78, 5) is 28.8. The van der Waals surface area contributed by atoms with Crippen molar-refractivity contribution in [1.82, 2.24) is 0 Å². The number of aliphatic imine (C=N–C) groups is 1. The third-order valence-corrected chi connectivity index (χ3v) is 4.22. The Kier molecular flexibility index (Phi) is 4.81. The first kappa shape index (κ1) is 17.1. The number of halogens is 1. The highest BCUT2D eigenvalue weighted by Gasteiger charge is 2.33. The van der Waals surface area contributed by atoms with Crippen molar-refractivity contribution >= 4 is 39.1 Å². The number of esters is 1. The van der Waals surface area contributed by atoms with Crippen LogP contribution in [0, 0.1) is 6.92 Å². The molecule has 0 bridgehead atoms. The number of aliphatic hydroxyl groups excluding tert-OH is 1. The van der Waals surface area contributed by atoms with E-state index in [-0.39, 0.29) is 17.9 Å². The second-order valence-electron chi connectivity index (χ2n) is 5.53. The van der Waals surface area contributed by atoms with Gasteiger partial charge in [-0.15, -0.1) is 0 Å². The Hall–Kier alpha value is -2.73. The fourth-order valence-electron chi connectivity index (χ4n) is 2.34. The molecule has 0 spiro atoms. The standard InChI is InChI=1S/C19H14BrNO4/c1-11-2-4-12(5-3-11)17(22)18(23)16-15(10-25-19(16)24)21-14-8-6-13(20)7-9-14/h2-9,23H,10H2,1H3/b18-16+,21-15?. The van der Waals surface area contributed by atoms with Crippen LogP contribution in [0.3, 0.4) is 0 Å². The second-order valence-corrected chi connectivity index (χ2v) is 6.45. The van der Waals surface area contributed by atoms with Crippen LogP contribution in [0.25, 0.3) is 0 Å². The summed E-state index contributed by atoms with van der Waals surface area (Å²) in [6.07, 6.45) is 0. The van der Waals surface area contributed by atoms with Crippen molar-refractivity contribution in [2.45, 2.75) is 6.92 Å². The summed E-state index contributed by atoms with van der Waals surface area (Å²) >= 11 is 3.33. The molecule has 6 heteroatoms. The number of cyclic esters (lactones) is 1. The zero-order valence-corrected chi connectivity index (χ0v) is 14.9. The van der Waals surface area contributed by atoms with E-state index >= 15 is 0 Å². The molecule has 1 saturated heterocycles. The van der Waals surface area contributed by atoms with E-state index in [2.05, 4.69) is 20.9 Å². The predicted molar refractivity (Wildman–Crippen MR) is 97.4 cm³/mol. The van der Waals surface area contributed by atoms with Gasteiger partial charge in [0.05, 0.1) is 11.4 Å². The first-order valence-corrected chi connectivity index (χ1v) is 8.30. The van der Waals surface area contributed by atoms with Crippen LogP contribution in [0.1, 0.15) is 15.9 Å². The van der Waals surface area contributed by atoms with Crippen LogP contribution in [-0.4, -0.2) is 29.2 Å². The molecule has 2 aromatic carbocycles. The van der Waals surface area contributed by atoms with Gasteiger partial charge < -0.3 is 9.84 Å². The fourth-order valence-corrected chi connectivity index (χ4v) is 2.61. The summed E-state index contributed by atoms with van der Waals surface area (Å²) in [6.45, 7) is 1.80. The van der Waals surface area contributed by atoms with Crippen LogP contribution in [0.5, 0.6) is 0 Å². The number of hydrogen-bond acceptors (Lipinski definition) is 5. The minimum Gasteiger partial charge on any atom is -0.503 e. The summed E-state index contributed by atoms with van der Waals surface area (Å²) in [7, 11) is 0. The number of nitrogens with zero attached hydrogens (tertiary/aromatic N) is 1. The van der Waals surface area contributed by atoms with Crippen molar-refractivity contribution in [2.75, 3.05) is 6.61 Å². The van der Waals surface area contributed by atoms with Crippen LogP contribution >= 0.6 is 15.9 Å². The second kappa shape index (κ2) is 7.03. The number of aryl methyl sites for hydroxylation is 1. The molecular weight excluding hydrogens is 386 g/mol. The third kappa shape index (κ3) is 3.69. The molecule has 1 fully saturated rings. The van der Waals surface area contributed by atoms with Gasteiger partial charge >= 0.3 is 5.97 Å². The maximum Gasteiger partial charge on any atom is 0.344 e. The molecule has 25 heavy (non-hydrogen) atoms. The van der Waals surface area contributed by atoms with Gasteiger partial charge in [-0.2, -0.15) is 0 Å². The Bertz CT molecular complexity index is 896. The van der Waals surface area contributed by atoms with Gasteiger partial charge in [-0.05, 0) is 31.2 Å². The molecule has 0 unspecified atom stereocenters. The number of ketones is 1. The van der Waals surface area contributed by atoms with E-state index in [4.69, 9.17) is 4.74 Å². The average Bonchev–Trinajstić information content (AvgIpc) is 2.96. The average molecular weight is 400 g/mol. The monoisotopic (exact) mass is 399 g/mol. The Morgan fingerprint density at radius 1 is 1.12 bits per heavy atom. The summed E-state index contributed by atoms with van der Waals surface area (Å²) in [5.74, 6) is -2.05. The molecule has 1 aliphatic rings. The Balaban J connectivity index is 2.00. The molecule has 1 N–H and O–H groups in total. The molecule has 126 valence electrons. The lowest BCUT2D eigenvalue weighted by Crippen LogP contribution is -2.13. The van der Waals surface area contributed by atoms with E-state index in [1.165, 1.54) is 0 Å². The van der Waals surface area contributed by atoms with Gasteiger partial charge in [0.25, 0.3) is 0 Å². The van der Waals surface area contributed by atoms with E-state index in [1.54, 1.807) is 48.5 Å². The first-order valence-electron chi connectivity index (χ1n) is 7.51. The van der Waals surface area contributed by atoms with Gasteiger partial charge in [0, 0.05) is 10.0 Å². The fraction of sp³-hybridized carbons (Fsp3) is 0.105. The number of aliphatic hydroxyl groups is 1. The molecule has 0 atom stereocenters. The molecule has 3 rings (SSSR count). The maximum absolute atomic E-state index is 12.5. The smallest absolute Gasteiger partial charge is 0.344 e. The highest BCUT2D eigenvalue weighted by atomic mass is 79.9. The minimum absolute atomic E-state index is 0.0878. The lowest BCUT2D eigenvalue weighted by atomic mass is 10.0. The zero-order valence-electron chi connectivity index (χ0n) is 13.3. The number of Topliss-reactive ketones (excluding diaryl/α,β-unsaturated/α-hetero) is 1. The Morgan fingerprint density at radius 3 is 2.40 bits per heavy atom. The quantitative estimate of drug-likeness (QED) is 0.365. The first-order chi connectivity index (χ1) is 12.0. The Morgan fingerprint density at radius 2 is 1.76 bits per heavy atom. The molecule has 0 aromatic heterocycles. The van der Waals surface area contributed by atoms with E-state index < -0.39 is 17.5 Å². The SMILES string of the molecule is Cc1ccc(C(=O)/C(O)=C2\C(=O)OCC2=Nc2ccc(Br)cc2)cc1. The van der Waals surface area contributed by atoms with E-state index in [1.807, 2.05) is 6.92 Å². The van der Waals surface area contributed by atoms with Crippen molar-refractivity contribution in [1.29, 1.82) is 0 Å². The number of ether oxygens (including phenoxy) is 1. The van der Waals surface area contributed by atoms with E-state index in [9.17, 15) is 14.7 Å². The van der Waals surface area contributed by atoms with Gasteiger partial charge in [-0.3, -0.25) is 4.79 Å². The van der Waals surface area contributed by atoms with Crippen LogP contribution < -0.4 is 0 Å². The summed E-state index contributed by atoms with van der Waals surface area (Å²) in [6, 6.07) is 13.8. The maximum atomic E-state index is 12.5. The molecule has 1 heterocycles. The summed E-state index contributed by atoms with van der Waals surface area (Å²) in [5.41, 5.74) is 1.91. The van der Waals surface area contributed by atoms with Gasteiger partial charge in [0.15, 0.2) is 5.76 Å². The van der Waals surface area contributed by atoms with Crippen LogP contribution in [0.15, 0.2) is 69.3 Å². The van der Waals surface area contributed by atoms with Crippen molar-refractivity contribution in [3.8, 4) is 0 Å². The topological polar surface area (TPSA) is 76.0 Å². The lowest BCUT2D eigenvalue weighted by molar-refractivity contribution is -0.135. The summed E-state index contributed by atoms with van der Waals surface area (Å²) < 4.78 is 5.84. The number of allylic oxidation sites excluding steroid dienone is 1. The van der Waals surface area contributed by atoms with Crippen molar-refractivity contribution < 1.29 is 19.4 Å². The van der Waals surface area contributed by atoms with Crippen molar-refractivity contribution in [3.63, 3.8) is 0 Å². The molecule has 5 nitrogen and oxygen atoms in total. The predicted octanol–water partition coefficient (Wildman–Crippen LogP) is 4.08. The lowest BCUT2D eigenvalue weighted by Gasteiger charge is -2.04. The molecule has 0 amide bonds. The van der Waals surface area contributed by atoms with E-state index in [0.717, 1.165) is 10.0 Å². The normalized spacial score (nSPS) is 17.5.